The Morgan fingerprint density at radius 1 is 1.36 bits per heavy atom. The van der Waals surface area contributed by atoms with Crippen molar-refractivity contribution in [3.8, 4) is 6.07 Å². The minimum absolute atomic E-state index is 0.0625. The van der Waals surface area contributed by atoms with E-state index in [1.165, 1.54) is 6.20 Å². The zero-order chi connectivity index (χ0) is 20.7. The van der Waals surface area contributed by atoms with Gasteiger partial charge in [-0.05, 0) is 43.7 Å². The highest BCUT2D eigenvalue weighted by Crippen LogP contribution is 2.28. The molecule has 1 saturated heterocycles. The normalized spacial score (nSPS) is 15.3. The predicted molar refractivity (Wildman–Crippen MR) is 109 cm³/mol. The average molecular weight is 383 g/mol. The quantitative estimate of drug-likeness (QED) is 0.460. The van der Waals surface area contributed by atoms with Crippen LogP contribution < -0.4 is 5.32 Å². The molecule has 1 heterocycles. The van der Waals surface area contributed by atoms with Crippen LogP contribution in [0.25, 0.3) is 0 Å². The number of aryl methyl sites for hydroxylation is 1. The summed E-state index contributed by atoms with van der Waals surface area (Å²) in [6.07, 6.45) is 2.62. The van der Waals surface area contributed by atoms with E-state index < -0.39 is 0 Å². The van der Waals surface area contributed by atoms with Gasteiger partial charge in [0.15, 0.2) is 0 Å². The fraction of sp³-hybridized carbons (Fsp3) is 0.500. The van der Waals surface area contributed by atoms with Gasteiger partial charge in [-0.3, -0.25) is 9.59 Å². The number of hydrogen-bond donors (Lipinski definition) is 1. The van der Waals surface area contributed by atoms with E-state index in [1.54, 1.807) is 11.8 Å². The third-order valence-corrected chi connectivity index (χ3v) is 5.04. The van der Waals surface area contributed by atoms with Gasteiger partial charge in [0, 0.05) is 25.0 Å². The number of nitriles is 1. The summed E-state index contributed by atoms with van der Waals surface area (Å²) in [7, 11) is 0. The van der Waals surface area contributed by atoms with Crippen molar-refractivity contribution in [3.63, 3.8) is 0 Å². The molecule has 0 aromatic heterocycles. The van der Waals surface area contributed by atoms with E-state index in [-0.39, 0.29) is 23.4 Å². The monoisotopic (exact) mass is 383 g/mol. The number of amides is 1. The summed E-state index contributed by atoms with van der Waals surface area (Å²) in [5.74, 6) is -0.360. The Morgan fingerprint density at radius 2 is 2.04 bits per heavy atom. The number of esters is 1. The number of anilines is 1. The summed E-state index contributed by atoms with van der Waals surface area (Å²) in [5, 5.41) is 12.7. The number of carbonyl (C=O) groups excluding carboxylic acids is 2. The third-order valence-electron chi connectivity index (χ3n) is 5.04. The summed E-state index contributed by atoms with van der Waals surface area (Å²) >= 11 is 0. The highest BCUT2D eigenvalue weighted by atomic mass is 16.5. The molecule has 2 rings (SSSR count). The fourth-order valence-corrected chi connectivity index (χ4v) is 3.40. The van der Waals surface area contributed by atoms with Crippen molar-refractivity contribution in [2.75, 3.05) is 25.0 Å². The van der Waals surface area contributed by atoms with Gasteiger partial charge in [0.25, 0.3) is 5.91 Å². The van der Waals surface area contributed by atoms with Crippen LogP contribution in [0.5, 0.6) is 0 Å². The standard InChI is InChI=1S/C22H29N3O3/c1-5-28-22(27)17-9-11-25(12-10-17)21(26)18(13-23)14-24-20-16(4)7-6-8-19(20)15(2)3/h6-8,14-15,17,24H,5,9-12H2,1-4H3/b18-14-. The van der Waals surface area contributed by atoms with E-state index in [2.05, 4.69) is 19.2 Å². The fourth-order valence-electron chi connectivity index (χ4n) is 3.40. The van der Waals surface area contributed by atoms with Crippen molar-refractivity contribution < 1.29 is 14.3 Å². The van der Waals surface area contributed by atoms with Crippen LogP contribution >= 0.6 is 0 Å². The Hall–Kier alpha value is -2.81. The molecule has 6 nitrogen and oxygen atoms in total. The van der Waals surface area contributed by atoms with Crippen molar-refractivity contribution in [2.24, 2.45) is 5.92 Å². The lowest BCUT2D eigenvalue weighted by Crippen LogP contribution is -2.41. The van der Waals surface area contributed by atoms with Gasteiger partial charge in [0.1, 0.15) is 11.6 Å². The molecule has 1 amide bonds. The molecule has 1 aliphatic rings. The number of nitrogens with one attached hydrogen (secondary N) is 1. The Labute approximate surface area is 167 Å². The molecule has 0 radical (unpaired) electrons. The summed E-state index contributed by atoms with van der Waals surface area (Å²) in [6.45, 7) is 9.25. The Morgan fingerprint density at radius 3 is 2.61 bits per heavy atom. The van der Waals surface area contributed by atoms with Crippen LogP contribution in [0.2, 0.25) is 0 Å². The second-order valence-electron chi connectivity index (χ2n) is 7.33. The molecule has 1 aromatic carbocycles. The summed E-state index contributed by atoms with van der Waals surface area (Å²) in [5.41, 5.74) is 3.19. The molecule has 6 heteroatoms. The molecule has 0 aliphatic carbocycles. The topological polar surface area (TPSA) is 82.4 Å². The summed E-state index contributed by atoms with van der Waals surface area (Å²) in [4.78, 5) is 26.2. The molecule has 1 N–H and O–H groups in total. The number of likely N-dealkylation sites (tertiary alicyclic amines) is 1. The molecule has 1 aliphatic heterocycles. The lowest BCUT2D eigenvalue weighted by Gasteiger charge is -2.30. The van der Waals surface area contributed by atoms with Gasteiger partial charge >= 0.3 is 5.97 Å². The van der Waals surface area contributed by atoms with Crippen molar-refractivity contribution in [3.05, 3.63) is 41.1 Å². The highest BCUT2D eigenvalue weighted by molar-refractivity contribution is 5.97. The van der Waals surface area contributed by atoms with E-state index in [0.29, 0.717) is 38.5 Å². The first-order valence-electron chi connectivity index (χ1n) is 9.81. The maximum absolute atomic E-state index is 12.7. The molecule has 1 fully saturated rings. The van der Waals surface area contributed by atoms with Crippen LogP contribution in [0.3, 0.4) is 0 Å². The van der Waals surface area contributed by atoms with Crippen molar-refractivity contribution in [1.29, 1.82) is 5.26 Å². The SMILES string of the molecule is CCOC(=O)C1CCN(C(=O)/C(C#N)=C\Nc2c(C)cccc2C(C)C)CC1. The van der Waals surface area contributed by atoms with Crippen molar-refractivity contribution >= 4 is 17.6 Å². The minimum atomic E-state index is -0.308. The van der Waals surface area contributed by atoms with Gasteiger partial charge in [-0.1, -0.05) is 32.0 Å². The van der Waals surface area contributed by atoms with E-state index in [9.17, 15) is 14.9 Å². The van der Waals surface area contributed by atoms with Crippen LogP contribution in [0, 0.1) is 24.2 Å². The Balaban J connectivity index is 2.07. The first-order chi connectivity index (χ1) is 13.4. The van der Waals surface area contributed by atoms with Gasteiger partial charge in [-0.15, -0.1) is 0 Å². The summed E-state index contributed by atoms with van der Waals surface area (Å²) in [6, 6.07) is 8.05. The van der Waals surface area contributed by atoms with Crippen LogP contribution in [-0.2, 0) is 14.3 Å². The summed E-state index contributed by atoms with van der Waals surface area (Å²) < 4.78 is 5.06. The van der Waals surface area contributed by atoms with E-state index in [4.69, 9.17) is 4.74 Å². The van der Waals surface area contributed by atoms with E-state index in [1.807, 2.05) is 31.2 Å². The number of rotatable bonds is 6. The number of piperidine rings is 1. The number of hydrogen-bond acceptors (Lipinski definition) is 5. The second kappa shape index (κ2) is 9.93. The van der Waals surface area contributed by atoms with Crippen LogP contribution in [-0.4, -0.2) is 36.5 Å². The second-order valence-corrected chi connectivity index (χ2v) is 7.33. The largest absolute Gasteiger partial charge is 0.466 e. The number of para-hydroxylation sites is 1. The molecular formula is C22H29N3O3. The van der Waals surface area contributed by atoms with Gasteiger partial charge in [0.05, 0.1) is 12.5 Å². The Bertz CT molecular complexity index is 785. The molecular weight excluding hydrogens is 354 g/mol. The minimum Gasteiger partial charge on any atom is -0.466 e. The smallest absolute Gasteiger partial charge is 0.309 e. The van der Waals surface area contributed by atoms with Gasteiger partial charge < -0.3 is 15.0 Å². The van der Waals surface area contributed by atoms with Crippen LogP contribution in [0.1, 0.15) is 50.7 Å². The number of carbonyl (C=O) groups is 2. The Kier molecular flexibility index (Phi) is 7.62. The molecule has 0 atom stereocenters. The first-order valence-corrected chi connectivity index (χ1v) is 9.81. The molecule has 0 unspecified atom stereocenters. The first kappa shape index (κ1) is 21.5. The van der Waals surface area contributed by atoms with Crippen molar-refractivity contribution in [2.45, 2.75) is 46.5 Å². The van der Waals surface area contributed by atoms with Gasteiger partial charge in [-0.25, -0.2) is 0 Å². The zero-order valence-corrected chi connectivity index (χ0v) is 17.1. The van der Waals surface area contributed by atoms with Gasteiger partial charge in [0.2, 0.25) is 0 Å². The predicted octanol–water partition coefficient (Wildman–Crippen LogP) is 3.74. The van der Waals surface area contributed by atoms with Gasteiger partial charge in [-0.2, -0.15) is 5.26 Å². The van der Waals surface area contributed by atoms with Crippen LogP contribution in [0.15, 0.2) is 30.0 Å². The number of benzene rings is 1. The zero-order valence-electron chi connectivity index (χ0n) is 17.1. The average Bonchev–Trinajstić information content (AvgIpc) is 2.69. The number of ether oxygens (including phenoxy) is 1. The maximum Gasteiger partial charge on any atom is 0.309 e. The maximum atomic E-state index is 12.7. The molecule has 0 saturated carbocycles. The lowest BCUT2D eigenvalue weighted by molar-refractivity contribution is -0.150. The lowest BCUT2D eigenvalue weighted by atomic mass is 9.96. The molecule has 28 heavy (non-hydrogen) atoms. The van der Waals surface area contributed by atoms with Crippen molar-refractivity contribution in [1.82, 2.24) is 4.90 Å². The molecule has 150 valence electrons. The number of nitrogens with zero attached hydrogens (tertiary/aromatic N) is 2. The third kappa shape index (κ3) is 5.13. The molecule has 0 bridgehead atoms. The van der Waals surface area contributed by atoms with Crippen LogP contribution in [0.4, 0.5) is 5.69 Å². The molecule has 1 aromatic rings. The van der Waals surface area contributed by atoms with E-state index in [0.717, 1.165) is 16.8 Å². The molecule has 0 spiro atoms. The highest BCUT2D eigenvalue weighted by Gasteiger charge is 2.29. The van der Waals surface area contributed by atoms with E-state index >= 15 is 0 Å².